The third-order valence-electron chi connectivity index (χ3n) is 1.89. The van der Waals surface area contributed by atoms with Crippen LogP contribution in [-0.2, 0) is 15.8 Å². The molecule has 0 unspecified atom stereocenters. The van der Waals surface area contributed by atoms with E-state index < -0.39 is 10.0 Å². The number of nitrogens with zero attached hydrogens (tertiary/aromatic N) is 1. The molecule has 1 heterocycles. The number of rotatable bonds is 2. The highest BCUT2D eigenvalue weighted by Gasteiger charge is 2.07. The average molecular weight is 337 g/mol. The Hall–Kier alpha value is -0.670. The summed E-state index contributed by atoms with van der Waals surface area (Å²) >= 11 is 2.06. The molecule has 0 fully saturated rings. The Balaban J connectivity index is 2.47. The Morgan fingerprint density at radius 2 is 2.20 bits per heavy atom. The zero-order valence-electron chi connectivity index (χ0n) is 7.57. The zero-order valence-corrected chi connectivity index (χ0v) is 10.5. The first-order valence-electron chi connectivity index (χ1n) is 4.09. The second-order valence-corrected chi connectivity index (χ2v) is 5.82. The number of aromatic amines is 1. The lowest BCUT2D eigenvalue weighted by atomic mass is 10.2. The van der Waals surface area contributed by atoms with Gasteiger partial charge in [-0.15, -0.1) is 0 Å². The van der Waals surface area contributed by atoms with Gasteiger partial charge >= 0.3 is 0 Å². The fourth-order valence-electron chi connectivity index (χ4n) is 1.34. The normalized spacial score (nSPS) is 12.1. The number of benzene rings is 1. The fourth-order valence-corrected chi connectivity index (χ4v) is 2.54. The van der Waals surface area contributed by atoms with Crippen molar-refractivity contribution in [3.05, 3.63) is 27.6 Å². The van der Waals surface area contributed by atoms with Crippen LogP contribution in [0.15, 0.2) is 18.2 Å². The summed E-state index contributed by atoms with van der Waals surface area (Å²) in [4.78, 5) is 7.24. The molecule has 7 heteroatoms. The minimum absolute atomic E-state index is 0.160. The molecule has 0 atom stereocenters. The predicted octanol–water partition coefficient (Wildman–Crippen LogP) is 0.956. The van der Waals surface area contributed by atoms with Crippen LogP contribution in [0.3, 0.4) is 0 Å². The Kier molecular flexibility index (Phi) is 2.69. The maximum absolute atomic E-state index is 10.9. The van der Waals surface area contributed by atoms with Gasteiger partial charge in [0.15, 0.2) is 3.83 Å². The molecular formula is C8H8IN3O2S. The number of hydrogen-bond acceptors (Lipinski definition) is 3. The summed E-state index contributed by atoms with van der Waals surface area (Å²) in [6.07, 6.45) is 0. The van der Waals surface area contributed by atoms with Gasteiger partial charge in [-0.25, -0.2) is 18.5 Å². The molecule has 15 heavy (non-hydrogen) atoms. The van der Waals surface area contributed by atoms with Crippen LogP contribution in [0.25, 0.3) is 11.0 Å². The first kappa shape index (κ1) is 10.8. The Bertz CT molecular complexity index is 605. The van der Waals surface area contributed by atoms with Gasteiger partial charge in [-0.05, 0) is 40.3 Å². The van der Waals surface area contributed by atoms with E-state index in [1.165, 1.54) is 0 Å². The van der Waals surface area contributed by atoms with Crippen molar-refractivity contribution >= 4 is 43.6 Å². The predicted molar refractivity (Wildman–Crippen MR) is 65.6 cm³/mol. The smallest absolute Gasteiger partial charge is 0.213 e. The SMILES string of the molecule is NS(=O)(=O)Cc1ccc2[nH]c(I)nc2c1. The summed E-state index contributed by atoms with van der Waals surface area (Å²) in [6.45, 7) is 0. The van der Waals surface area contributed by atoms with Gasteiger partial charge in [0, 0.05) is 0 Å². The molecule has 3 N–H and O–H groups in total. The van der Waals surface area contributed by atoms with Gasteiger partial charge in [0.25, 0.3) is 0 Å². The third-order valence-corrected chi connectivity index (χ3v) is 3.13. The van der Waals surface area contributed by atoms with Crippen molar-refractivity contribution in [1.29, 1.82) is 0 Å². The largest absolute Gasteiger partial charge is 0.333 e. The molecule has 0 saturated carbocycles. The molecule has 2 aromatic rings. The van der Waals surface area contributed by atoms with Crippen LogP contribution in [0.1, 0.15) is 5.56 Å². The van der Waals surface area contributed by atoms with Crippen LogP contribution in [0.2, 0.25) is 0 Å². The van der Waals surface area contributed by atoms with Gasteiger partial charge in [-0.2, -0.15) is 0 Å². The van der Waals surface area contributed by atoms with E-state index >= 15 is 0 Å². The van der Waals surface area contributed by atoms with Crippen molar-refractivity contribution in [1.82, 2.24) is 9.97 Å². The molecule has 0 bridgehead atoms. The van der Waals surface area contributed by atoms with Crippen molar-refractivity contribution in [2.75, 3.05) is 0 Å². The number of nitrogens with two attached hydrogens (primary N) is 1. The van der Waals surface area contributed by atoms with Crippen LogP contribution in [-0.4, -0.2) is 18.4 Å². The number of fused-ring (bicyclic) bond motifs is 1. The Morgan fingerprint density at radius 3 is 2.87 bits per heavy atom. The number of aromatic nitrogens is 2. The summed E-state index contributed by atoms with van der Waals surface area (Å²) in [5.74, 6) is -0.160. The molecule has 0 aliphatic carbocycles. The van der Waals surface area contributed by atoms with E-state index in [1.54, 1.807) is 18.2 Å². The lowest BCUT2D eigenvalue weighted by molar-refractivity contribution is 0.597. The molecule has 0 radical (unpaired) electrons. The van der Waals surface area contributed by atoms with Gasteiger partial charge in [0.05, 0.1) is 16.8 Å². The third kappa shape index (κ3) is 2.67. The maximum Gasteiger partial charge on any atom is 0.213 e. The molecular weight excluding hydrogens is 329 g/mol. The van der Waals surface area contributed by atoms with E-state index in [0.29, 0.717) is 5.56 Å². The number of sulfonamides is 1. The van der Waals surface area contributed by atoms with E-state index in [0.717, 1.165) is 14.9 Å². The van der Waals surface area contributed by atoms with Crippen LogP contribution >= 0.6 is 22.6 Å². The lowest BCUT2D eigenvalue weighted by Crippen LogP contribution is -2.14. The van der Waals surface area contributed by atoms with Gasteiger partial charge in [-0.1, -0.05) is 6.07 Å². The first-order chi connectivity index (χ1) is 6.94. The zero-order chi connectivity index (χ0) is 11.1. The molecule has 0 spiro atoms. The van der Waals surface area contributed by atoms with E-state index in [9.17, 15) is 8.42 Å². The van der Waals surface area contributed by atoms with E-state index in [-0.39, 0.29) is 5.75 Å². The highest BCUT2D eigenvalue weighted by Crippen LogP contribution is 2.15. The lowest BCUT2D eigenvalue weighted by Gasteiger charge is -1.98. The van der Waals surface area contributed by atoms with Crippen LogP contribution in [0.5, 0.6) is 0 Å². The van der Waals surface area contributed by atoms with Crippen molar-refractivity contribution in [3.63, 3.8) is 0 Å². The van der Waals surface area contributed by atoms with Gasteiger partial charge in [0.2, 0.25) is 10.0 Å². The maximum atomic E-state index is 10.9. The van der Waals surface area contributed by atoms with Gasteiger partial charge < -0.3 is 4.98 Å². The standard InChI is InChI=1S/C8H8IN3O2S/c9-8-11-6-2-1-5(3-7(6)12-8)4-15(10,13)14/h1-3H,4H2,(H,11,12)(H2,10,13,14). The monoisotopic (exact) mass is 337 g/mol. The first-order valence-corrected chi connectivity index (χ1v) is 6.88. The fraction of sp³-hybridized carbons (Fsp3) is 0.125. The second-order valence-electron chi connectivity index (χ2n) is 3.19. The summed E-state index contributed by atoms with van der Waals surface area (Å²) in [5.41, 5.74) is 2.28. The van der Waals surface area contributed by atoms with Crippen LogP contribution in [0, 0.1) is 3.83 Å². The molecule has 2 rings (SSSR count). The number of halogens is 1. The van der Waals surface area contributed by atoms with E-state index in [2.05, 4.69) is 32.6 Å². The highest BCUT2D eigenvalue weighted by molar-refractivity contribution is 14.1. The van der Waals surface area contributed by atoms with E-state index in [1.807, 2.05) is 0 Å². The second kappa shape index (κ2) is 3.72. The molecule has 0 amide bonds. The number of imidazole rings is 1. The summed E-state index contributed by atoms with van der Waals surface area (Å²) in [7, 11) is -3.48. The summed E-state index contributed by atoms with van der Waals surface area (Å²) in [5, 5.41) is 4.96. The molecule has 1 aromatic carbocycles. The van der Waals surface area contributed by atoms with E-state index in [4.69, 9.17) is 5.14 Å². The molecule has 0 saturated heterocycles. The number of primary sulfonamides is 1. The molecule has 5 nitrogen and oxygen atoms in total. The minimum Gasteiger partial charge on any atom is -0.333 e. The Labute approximate surface area is 100 Å². The van der Waals surface area contributed by atoms with Crippen molar-refractivity contribution < 1.29 is 8.42 Å². The van der Waals surface area contributed by atoms with Gasteiger partial charge in [-0.3, -0.25) is 0 Å². The topological polar surface area (TPSA) is 88.8 Å². The Morgan fingerprint density at radius 1 is 1.47 bits per heavy atom. The number of H-pyrrole nitrogens is 1. The average Bonchev–Trinajstić information content (AvgIpc) is 2.40. The quantitative estimate of drug-likeness (QED) is 0.800. The summed E-state index contributed by atoms with van der Waals surface area (Å²) in [6, 6.07) is 5.24. The number of hydrogen-bond donors (Lipinski definition) is 2. The molecule has 0 aliphatic rings. The summed E-state index contributed by atoms with van der Waals surface area (Å²) < 4.78 is 22.6. The van der Waals surface area contributed by atoms with Crippen LogP contribution in [0.4, 0.5) is 0 Å². The molecule has 1 aromatic heterocycles. The van der Waals surface area contributed by atoms with Crippen molar-refractivity contribution in [3.8, 4) is 0 Å². The highest BCUT2D eigenvalue weighted by atomic mass is 127. The van der Waals surface area contributed by atoms with Crippen molar-refractivity contribution in [2.45, 2.75) is 5.75 Å². The number of nitrogens with one attached hydrogen (secondary N) is 1. The molecule has 0 aliphatic heterocycles. The molecule has 80 valence electrons. The van der Waals surface area contributed by atoms with Crippen molar-refractivity contribution in [2.24, 2.45) is 5.14 Å². The minimum atomic E-state index is -3.48. The van der Waals surface area contributed by atoms with Crippen LogP contribution < -0.4 is 5.14 Å². The van der Waals surface area contributed by atoms with Gasteiger partial charge in [0.1, 0.15) is 0 Å².